The molecule has 70 valence electrons. The predicted molar refractivity (Wildman–Crippen MR) is 55.0 cm³/mol. The molecule has 2 nitrogen and oxygen atoms in total. The molecule has 3 rings (SSSR count). The van der Waals surface area contributed by atoms with E-state index < -0.39 is 0 Å². The molecule has 0 unspecified atom stereocenters. The molecule has 0 N–H and O–H groups in total. The van der Waals surface area contributed by atoms with Crippen molar-refractivity contribution >= 4 is 0 Å². The van der Waals surface area contributed by atoms with Crippen molar-refractivity contribution in [2.24, 2.45) is 0 Å². The first-order valence-electron chi connectivity index (χ1n) is 4.99. The van der Waals surface area contributed by atoms with Crippen LogP contribution in [-0.4, -0.2) is 0 Å². The SMILES string of the molecule is N#CC1=C[C@H]2C[C@H]1c1ccc(C#N)cc12. The molecule has 0 saturated heterocycles. The van der Waals surface area contributed by atoms with E-state index in [4.69, 9.17) is 10.5 Å². The minimum Gasteiger partial charge on any atom is -0.193 e. The van der Waals surface area contributed by atoms with Gasteiger partial charge in [0.25, 0.3) is 0 Å². The Morgan fingerprint density at radius 2 is 2.00 bits per heavy atom. The first-order valence-corrected chi connectivity index (χ1v) is 4.99. The van der Waals surface area contributed by atoms with Crippen LogP contribution in [0.4, 0.5) is 0 Å². The third kappa shape index (κ3) is 0.966. The molecule has 2 aliphatic carbocycles. The number of allylic oxidation sites excluding steroid dienone is 2. The summed E-state index contributed by atoms with van der Waals surface area (Å²) in [5.74, 6) is 0.663. The van der Waals surface area contributed by atoms with E-state index in [1.54, 1.807) is 0 Å². The van der Waals surface area contributed by atoms with Gasteiger partial charge < -0.3 is 0 Å². The summed E-state index contributed by atoms with van der Waals surface area (Å²) in [7, 11) is 0. The van der Waals surface area contributed by atoms with E-state index in [2.05, 4.69) is 12.1 Å². The van der Waals surface area contributed by atoms with Gasteiger partial charge in [-0.25, -0.2) is 0 Å². The lowest BCUT2D eigenvalue weighted by molar-refractivity contribution is 0.794. The number of nitrogens with zero attached hydrogens (tertiary/aromatic N) is 2. The molecule has 2 aliphatic rings. The topological polar surface area (TPSA) is 47.6 Å². The maximum absolute atomic E-state index is 8.94. The van der Waals surface area contributed by atoms with Gasteiger partial charge in [-0.15, -0.1) is 0 Å². The number of benzene rings is 1. The molecule has 0 radical (unpaired) electrons. The lowest BCUT2D eigenvalue weighted by Gasteiger charge is -2.12. The number of rotatable bonds is 0. The molecule has 1 aromatic rings. The van der Waals surface area contributed by atoms with Gasteiger partial charge in [0.2, 0.25) is 0 Å². The highest BCUT2D eigenvalue weighted by molar-refractivity contribution is 5.56. The fourth-order valence-corrected chi connectivity index (χ4v) is 2.69. The second kappa shape index (κ2) is 2.72. The molecular weight excluding hydrogens is 184 g/mol. The first-order chi connectivity index (χ1) is 7.33. The summed E-state index contributed by atoms with van der Waals surface area (Å²) in [4.78, 5) is 0. The zero-order valence-electron chi connectivity index (χ0n) is 8.07. The van der Waals surface area contributed by atoms with Gasteiger partial charge in [0.05, 0.1) is 17.7 Å². The van der Waals surface area contributed by atoms with Gasteiger partial charge in [0.1, 0.15) is 0 Å². The van der Waals surface area contributed by atoms with Crippen LogP contribution < -0.4 is 0 Å². The fraction of sp³-hybridized carbons (Fsp3) is 0.231. The number of nitriles is 2. The van der Waals surface area contributed by atoms with Gasteiger partial charge >= 0.3 is 0 Å². The average Bonchev–Trinajstić information content (AvgIpc) is 2.86. The van der Waals surface area contributed by atoms with Crippen LogP contribution in [0.25, 0.3) is 0 Å². The van der Waals surface area contributed by atoms with Crippen molar-refractivity contribution in [3.8, 4) is 12.1 Å². The van der Waals surface area contributed by atoms with Crippen molar-refractivity contribution in [1.29, 1.82) is 10.5 Å². The highest BCUT2D eigenvalue weighted by Gasteiger charge is 2.37. The fourth-order valence-electron chi connectivity index (χ4n) is 2.69. The molecule has 0 aliphatic heterocycles. The summed E-state index contributed by atoms with van der Waals surface area (Å²) in [6.45, 7) is 0. The van der Waals surface area contributed by atoms with E-state index in [9.17, 15) is 0 Å². The largest absolute Gasteiger partial charge is 0.193 e. The van der Waals surface area contributed by atoms with Crippen LogP contribution in [0.3, 0.4) is 0 Å². The summed E-state index contributed by atoms with van der Waals surface area (Å²) >= 11 is 0. The molecular formula is C13H8N2. The second-order valence-electron chi connectivity index (χ2n) is 4.08. The molecule has 0 spiro atoms. The number of hydrogen-bond acceptors (Lipinski definition) is 2. The smallest absolute Gasteiger partial charge is 0.0991 e. The van der Waals surface area contributed by atoms with Crippen molar-refractivity contribution in [2.45, 2.75) is 18.3 Å². The standard InChI is InChI=1S/C13H8N2/c14-6-8-1-2-11-12(3-8)9-4-10(7-15)13(11)5-9/h1-4,9,13H,5H2/t9-,13+/m0/s1. The Morgan fingerprint density at radius 1 is 1.13 bits per heavy atom. The third-order valence-corrected chi connectivity index (χ3v) is 3.37. The van der Waals surface area contributed by atoms with Crippen LogP contribution in [0.15, 0.2) is 29.8 Å². The number of fused-ring (bicyclic) bond motifs is 5. The average molecular weight is 192 g/mol. The highest BCUT2D eigenvalue weighted by Crippen LogP contribution is 2.52. The Kier molecular flexibility index (Phi) is 1.50. The Morgan fingerprint density at radius 3 is 2.73 bits per heavy atom. The van der Waals surface area contributed by atoms with Gasteiger partial charge in [0.15, 0.2) is 0 Å². The zero-order valence-corrected chi connectivity index (χ0v) is 8.07. The summed E-state index contributed by atoms with van der Waals surface area (Å²) in [5.41, 5.74) is 4.11. The molecule has 0 heterocycles. The maximum Gasteiger partial charge on any atom is 0.0991 e. The van der Waals surface area contributed by atoms with E-state index >= 15 is 0 Å². The van der Waals surface area contributed by atoms with Crippen LogP contribution in [0.2, 0.25) is 0 Å². The van der Waals surface area contributed by atoms with Crippen LogP contribution in [0.5, 0.6) is 0 Å². The third-order valence-electron chi connectivity index (χ3n) is 3.37. The summed E-state index contributed by atoms with van der Waals surface area (Å²) < 4.78 is 0. The van der Waals surface area contributed by atoms with Gasteiger partial charge in [-0.1, -0.05) is 12.1 Å². The van der Waals surface area contributed by atoms with Crippen molar-refractivity contribution in [1.82, 2.24) is 0 Å². The zero-order chi connectivity index (χ0) is 10.4. The van der Waals surface area contributed by atoms with E-state index in [0.717, 1.165) is 12.0 Å². The molecule has 2 atom stereocenters. The van der Waals surface area contributed by atoms with Crippen molar-refractivity contribution in [3.63, 3.8) is 0 Å². The minimum absolute atomic E-state index is 0.294. The second-order valence-corrected chi connectivity index (χ2v) is 4.08. The van der Waals surface area contributed by atoms with Gasteiger partial charge in [-0.2, -0.15) is 10.5 Å². The van der Waals surface area contributed by atoms with Gasteiger partial charge in [-0.05, 0) is 29.7 Å². The van der Waals surface area contributed by atoms with Crippen molar-refractivity contribution in [2.75, 3.05) is 0 Å². The first kappa shape index (κ1) is 8.26. The molecule has 1 aromatic carbocycles. The van der Waals surface area contributed by atoms with Crippen molar-refractivity contribution in [3.05, 3.63) is 46.5 Å². The maximum atomic E-state index is 8.94. The number of hydrogen-bond donors (Lipinski definition) is 0. The molecule has 15 heavy (non-hydrogen) atoms. The van der Waals surface area contributed by atoms with E-state index in [-0.39, 0.29) is 0 Å². The molecule has 0 amide bonds. The molecule has 0 saturated carbocycles. The van der Waals surface area contributed by atoms with E-state index in [1.165, 1.54) is 11.1 Å². The Labute approximate surface area is 88.1 Å². The summed E-state index contributed by atoms with van der Waals surface area (Å²) in [5, 5.41) is 17.8. The molecule has 2 bridgehead atoms. The quantitative estimate of drug-likeness (QED) is 0.634. The van der Waals surface area contributed by atoms with E-state index in [1.807, 2.05) is 24.3 Å². The predicted octanol–water partition coefficient (Wildman–Crippen LogP) is 2.59. The lowest BCUT2D eigenvalue weighted by atomic mass is 9.91. The molecule has 0 fully saturated rings. The van der Waals surface area contributed by atoms with Crippen LogP contribution in [-0.2, 0) is 0 Å². The lowest BCUT2D eigenvalue weighted by Crippen LogP contribution is -1.98. The van der Waals surface area contributed by atoms with Crippen LogP contribution in [0.1, 0.15) is 34.9 Å². The Hall–Kier alpha value is -2.06. The van der Waals surface area contributed by atoms with Gasteiger partial charge in [-0.3, -0.25) is 0 Å². The summed E-state index contributed by atoms with van der Waals surface area (Å²) in [6, 6.07) is 10.2. The Balaban J connectivity index is 2.16. The molecule has 2 heteroatoms. The molecule has 0 aromatic heterocycles. The normalized spacial score (nSPS) is 25.3. The monoisotopic (exact) mass is 192 g/mol. The van der Waals surface area contributed by atoms with Crippen LogP contribution in [0, 0.1) is 22.7 Å². The van der Waals surface area contributed by atoms with Gasteiger partial charge in [0, 0.05) is 17.4 Å². The minimum atomic E-state index is 0.294. The highest BCUT2D eigenvalue weighted by atomic mass is 14.4. The van der Waals surface area contributed by atoms with E-state index in [0.29, 0.717) is 17.4 Å². The summed E-state index contributed by atoms with van der Waals surface area (Å²) in [6.07, 6.45) is 3.07. The van der Waals surface area contributed by atoms with Crippen molar-refractivity contribution < 1.29 is 0 Å². The van der Waals surface area contributed by atoms with Crippen LogP contribution >= 0.6 is 0 Å². The Bertz CT molecular complexity index is 555.